The van der Waals surface area contributed by atoms with Crippen LogP contribution in [-0.2, 0) is 26.2 Å². The Hall–Kier alpha value is -2.81. The number of benzene rings is 3. The number of hydrogen-bond donors (Lipinski definition) is 1. The van der Waals surface area contributed by atoms with Gasteiger partial charge in [0.2, 0.25) is 21.8 Å². The number of sulfonamides is 1. The maximum atomic E-state index is 13.9. The van der Waals surface area contributed by atoms with Gasteiger partial charge in [-0.3, -0.25) is 13.9 Å². The first-order valence-electron chi connectivity index (χ1n) is 12.5. The summed E-state index contributed by atoms with van der Waals surface area (Å²) in [6, 6.07) is 16.8. The van der Waals surface area contributed by atoms with E-state index >= 15 is 0 Å². The Morgan fingerprint density at radius 1 is 0.947 bits per heavy atom. The molecule has 0 saturated carbocycles. The number of fused-ring (bicyclic) bond motifs is 1. The molecule has 204 valence electrons. The van der Waals surface area contributed by atoms with E-state index in [1.807, 2.05) is 51.1 Å². The smallest absolute Gasteiger partial charge is 0.244 e. The van der Waals surface area contributed by atoms with Gasteiger partial charge in [-0.05, 0) is 48.9 Å². The maximum Gasteiger partial charge on any atom is 0.244 e. The van der Waals surface area contributed by atoms with Crippen LogP contribution in [0.25, 0.3) is 10.8 Å². The van der Waals surface area contributed by atoms with E-state index in [4.69, 9.17) is 23.2 Å². The molecule has 0 aliphatic carbocycles. The highest BCUT2D eigenvalue weighted by atomic mass is 35.5. The van der Waals surface area contributed by atoms with Crippen LogP contribution in [0.5, 0.6) is 0 Å². The number of carbonyl (C=O) groups excluding carboxylic acids is 2. The topological polar surface area (TPSA) is 86.8 Å². The summed E-state index contributed by atoms with van der Waals surface area (Å²) in [6.07, 6.45) is 2.13. The van der Waals surface area contributed by atoms with Crippen molar-refractivity contribution in [3.63, 3.8) is 0 Å². The van der Waals surface area contributed by atoms with Gasteiger partial charge in [-0.2, -0.15) is 0 Å². The summed E-state index contributed by atoms with van der Waals surface area (Å²) in [4.78, 5) is 28.6. The molecule has 3 rings (SSSR count). The summed E-state index contributed by atoms with van der Waals surface area (Å²) in [5, 5.41) is 5.19. The second kappa shape index (κ2) is 12.8. The molecular weight excluding hydrogens is 545 g/mol. The Bertz CT molecular complexity index is 1410. The molecule has 10 heteroatoms. The molecule has 0 bridgehead atoms. The van der Waals surface area contributed by atoms with Crippen LogP contribution >= 0.6 is 23.2 Å². The van der Waals surface area contributed by atoms with Gasteiger partial charge < -0.3 is 10.2 Å². The average molecular weight is 579 g/mol. The fourth-order valence-electron chi connectivity index (χ4n) is 4.22. The Morgan fingerprint density at radius 3 is 2.26 bits per heavy atom. The molecule has 0 aliphatic rings. The zero-order valence-corrected chi connectivity index (χ0v) is 24.3. The summed E-state index contributed by atoms with van der Waals surface area (Å²) in [5.41, 5.74) is 1.06. The van der Waals surface area contributed by atoms with Gasteiger partial charge in [-0.15, -0.1) is 0 Å². The lowest BCUT2D eigenvalue weighted by molar-refractivity contribution is -0.140. The number of hydrogen-bond acceptors (Lipinski definition) is 4. The molecule has 0 aromatic heterocycles. The highest BCUT2D eigenvalue weighted by Crippen LogP contribution is 2.29. The van der Waals surface area contributed by atoms with E-state index in [0.29, 0.717) is 33.1 Å². The molecule has 0 aliphatic heterocycles. The zero-order chi connectivity index (χ0) is 28.0. The third kappa shape index (κ3) is 7.18. The van der Waals surface area contributed by atoms with E-state index < -0.39 is 28.5 Å². The lowest BCUT2D eigenvalue weighted by Gasteiger charge is -2.33. The lowest BCUT2D eigenvalue weighted by Crippen LogP contribution is -2.53. The van der Waals surface area contributed by atoms with Crippen molar-refractivity contribution < 1.29 is 18.0 Å². The highest BCUT2D eigenvalue weighted by Gasteiger charge is 2.32. The number of nitrogens with zero attached hydrogens (tertiary/aromatic N) is 2. The van der Waals surface area contributed by atoms with Crippen LogP contribution in [0.4, 0.5) is 5.69 Å². The van der Waals surface area contributed by atoms with Gasteiger partial charge in [0.1, 0.15) is 12.6 Å². The Morgan fingerprint density at radius 2 is 1.63 bits per heavy atom. The first-order valence-corrected chi connectivity index (χ1v) is 15.1. The molecule has 0 saturated heterocycles. The molecular formula is C28H33Cl2N3O4S. The van der Waals surface area contributed by atoms with Crippen molar-refractivity contribution in [3.05, 3.63) is 76.3 Å². The Balaban J connectivity index is 2.04. The predicted octanol–water partition coefficient (Wildman–Crippen LogP) is 5.63. The minimum absolute atomic E-state index is 0.0509. The summed E-state index contributed by atoms with van der Waals surface area (Å²) in [6.45, 7) is 5.24. The Kier molecular flexibility index (Phi) is 10.0. The molecule has 0 heterocycles. The molecule has 0 spiro atoms. The number of rotatable bonds is 11. The molecule has 0 fully saturated rings. The number of carbonyl (C=O) groups is 2. The quantitative estimate of drug-likeness (QED) is 0.319. The van der Waals surface area contributed by atoms with Gasteiger partial charge in [0.15, 0.2) is 0 Å². The highest BCUT2D eigenvalue weighted by molar-refractivity contribution is 7.92. The summed E-state index contributed by atoms with van der Waals surface area (Å²) in [7, 11) is -3.85. The molecule has 0 radical (unpaired) electrons. The number of halogens is 2. The van der Waals surface area contributed by atoms with Crippen molar-refractivity contribution in [2.75, 3.05) is 17.1 Å². The normalized spacial score (nSPS) is 13.1. The fraction of sp³-hybridized carbons (Fsp3) is 0.357. The second-order valence-electron chi connectivity index (χ2n) is 9.28. The van der Waals surface area contributed by atoms with Gasteiger partial charge in [0.25, 0.3) is 0 Å². The van der Waals surface area contributed by atoms with Crippen molar-refractivity contribution in [2.45, 2.75) is 52.2 Å². The SMILES string of the molecule is CC[C@H](C(=O)N[C@@H](C)CC)N(Cc1ccc(Cl)c(Cl)c1)C(=O)CN(c1cccc2ccccc12)S(C)(=O)=O. The minimum Gasteiger partial charge on any atom is -0.352 e. The second-order valence-corrected chi connectivity index (χ2v) is 12.0. The van der Waals surface area contributed by atoms with Crippen molar-refractivity contribution in [2.24, 2.45) is 0 Å². The molecule has 38 heavy (non-hydrogen) atoms. The number of amides is 2. The summed E-state index contributed by atoms with van der Waals surface area (Å²) in [5.74, 6) is -0.813. The standard InChI is InChI=1S/C28H33Cl2N3O4S/c1-5-19(3)31-28(35)25(6-2)32(17-20-14-15-23(29)24(30)16-20)27(34)18-33(38(4,36)37)26-13-9-11-21-10-7-8-12-22(21)26/h7-16,19,25H,5-6,17-18H2,1-4H3,(H,31,35)/t19-,25+/m0/s1. The Labute approximate surface area is 234 Å². The zero-order valence-electron chi connectivity index (χ0n) is 21.9. The number of anilines is 1. The van der Waals surface area contributed by atoms with Gasteiger partial charge >= 0.3 is 0 Å². The van der Waals surface area contributed by atoms with Crippen molar-refractivity contribution in [1.29, 1.82) is 0 Å². The van der Waals surface area contributed by atoms with Crippen LogP contribution in [0.1, 0.15) is 39.2 Å². The van der Waals surface area contributed by atoms with Crippen LogP contribution in [0, 0.1) is 0 Å². The van der Waals surface area contributed by atoms with Crippen molar-refractivity contribution >= 4 is 61.5 Å². The van der Waals surface area contributed by atoms with Crippen LogP contribution in [0.2, 0.25) is 10.0 Å². The molecule has 1 N–H and O–H groups in total. The van der Waals surface area contributed by atoms with Gasteiger partial charge in [0.05, 0.1) is 22.0 Å². The molecule has 0 unspecified atom stereocenters. The predicted molar refractivity (Wildman–Crippen MR) is 155 cm³/mol. The molecule has 2 amide bonds. The van der Waals surface area contributed by atoms with Crippen LogP contribution < -0.4 is 9.62 Å². The van der Waals surface area contributed by atoms with Crippen LogP contribution in [0.15, 0.2) is 60.7 Å². The van der Waals surface area contributed by atoms with E-state index in [-0.39, 0.29) is 18.5 Å². The van der Waals surface area contributed by atoms with E-state index in [9.17, 15) is 18.0 Å². The molecule has 2 atom stereocenters. The van der Waals surface area contributed by atoms with E-state index in [1.165, 1.54) is 4.90 Å². The molecule has 3 aromatic rings. The van der Waals surface area contributed by atoms with Crippen LogP contribution in [-0.4, -0.2) is 50.0 Å². The molecule has 3 aromatic carbocycles. The number of nitrogens with one attached hydrogen (secondary N) is 1. The van der Waals surface area contributed by atoms with E-state index in [0.717, 1.165) is 22.4 Å². The maximum absolute atomic E-state index is 13.9. The third-order valence-corrected chi connectivity index (χ3v) is 8.30. The monoisotopic (exact) mass is 577 g/mol. The lowest BCUT2D eigenvalue weighted by atomic mass is 10.1. The largest absolute Gasteiger partial charge is 0.352 e. The van der Waals surface area contributed by atoms with E-state index in [1.54, 1.807) is 30.3 Å². The fourth-order valence-corrected chi connectivity index (χ4v) is 5.40. The van der Waals surface area contributed by atoms with Crippen LogP contribution in [0.3, 0.4) is 0 Å². The summed E-state index contributed by atoms with van der Waals surface area (Å²) < 4.78 is 27.0. The third-order valence-electron chi connectivity index (χ3n) is 6.44. The van der Waals surface area contributed by atoms with Gasteiger partial charge in [-0.25, -0.2) is 8.42 Å². The van der Waals surface area contributed by atoms with Gasteiger partial charge in [-0.1, -0.05) is 79.5 Å². The summed E-state index contributed by atoms with van der Waals surface area (Å²) >= 11 is 12.3. The first-order chi connectivity index (χ1) is 18.0. The van der Waals surface area contributed by atoms with Crippen molar-refractivity contribution in [1.82, 2.24) is 10.2 Å². The minimum atomic E-state index is -3.85. The molecule has 7 nitrogen and oxygen atoms in total. The average Bonchev–Trinajstić information content (AvgIpc) is 2.88. The van der Waals surface area contributed by atoms with E-state index in [2.05, 4.69) is 5.32 Å². The van der Waals surface area contributed by atoms with Gasteiger partial charge in [0, 0.05) is 18.0 Å². The van der Waals surface area contributed by atoms with Crippen molar-refractivity contribution in [3.8, 4) is 0 Å². The first kappa shape index (κ1) is 29.7.